The van der Waals surface area contributed by atoms with E-state index in [-0.39, 0.29) is 30.4 Å². The second-order valence-electron chi connectivity index (χ2n) is 9.16. The number of carbonyl (C=O) groups excluding carboxylic acids is 3. The van der Waals surface area contributed by atoms with Crippen LogP contribution in [0.4, 0.5) is 4.79 Å². The number of carbonyl (C=O) groups is 3. The lowest BCUT2D eigenvalue weighted by atomic mass is 9.67. The molecule has 3 atom stereocenters. The van der Waals surface area contributed by atoms with Gasteiger partial charge in [-0.1, -0.05) is 30.7 Å². The molecule has 2 bridgehead atoms. The molecule has 0 radical (unpaired) electrons. The molecule has 4 amide bonds. The van der Waals surface area contributed by atoms with Crippen molar-refractivity contribution in [3.63, 3.8) is 0 Å². The molecule has 4 N–H and O–H groups in total. The summed E-state index contributed by atoms with van der Waals surface area (Å²) in [5.41, 5.74) is 7.10. The molecule has 1 spiro atoms. The Morgan fingerprint density at radius 2 is 1.93 bits per heavy atom. The summed E-state index contributed by atoms with van der Waals surface area (Å²) >= 11 is 0. The van der Waals surface area contributed by atoms with Crippen LogP contribution < -0.4 is 16.4 Å². The zero-order chi connectivity index (χ0) is 20.2. The first-order valence-corrected chi connectivity index (χ1v) is 10.8. The van der Waals surface area contributed by atoms with Gasteiger partial charge in [0, 0.05) is 12.1 Å². The van der Waals surface area contributed by atoms with Crippen molar-refractivity contribution in [2.75, 3.05) is 6.54 Å². The maximum Gasteiger partial charge on any atom is 0.325 e. The summed E-state index contributed by atoms with van der Waals surface area (Å²) in [5, 5.41) is 6.02. The number of imide groups is 1. The predicted molar refractivity (Wildman–Crippen MR) is 107 cm³/mol. The minimum Gasteiger partial charge on any atom is -0.351 e. The van der Waals surface area contributed by atoms with Gasteiger partial charge in [-0.15, -0.1) is 0 Å². The summed E-state index contributed by atoms with van der Waals surface area (Å²) in [6, 6.07) is 7.56. The van der Waals surface area contributed by atoms with Crippen molar-refractivity contribution in [2.24, 2.45) is 17.6 Å². The van der Waals surface area contributed by atoms with Crippen LogP contribution >= 0.6 is 0 Å². The molecule has 0 aromatic heterocycles. The normalized spacial score (nSPS) is 35.6. The first-order valence-electron chi connectivity index (χ1n) is 10.8. The molecule has 1 saturated heterocycles. The average molecular weight is 396 g/mol. The highest BCUT2D eigenvalue weighted by Crippen LogP contribution is 2.42. The Labute approximate surface area is 170 Å². The molecule has 4 aliphatic rings. The van der Waals surface area contributed by atoms with Crippen LogP contribution in [0.25, 0.3) is 0 Å². The van der Waals surface area contributed by atoms with E-state index in [1.165, 1.54) is 6.42 Å². The highest BCUT2D eigenvalue weighted by atomic mass is 16.2. The van der Waals surface area contributed by atoms with Gasteiger partial charge in [0.15, 0.2) is 0 Å². The van der Waals surface area contributed by atoms with Crippen LogP contribution in [0.5, 0.6) is 0 Å². The zero-order valence-corrected chi connectivity index (χ0v) is 16.5. The van der Waals surface area contributed by atoms with E-state index in [9.17, 15) is 14.4 Å². The van der Waals surface area contributed by atoms with Crippen LogP contribution in [0.15, 0.2) is 24.3 Å². The molecule has 1 heterocycles. The van der Waals surface area contributed by atoms with Gasteiger partial charge in [-0.2, -0.15) is 0 Å². The summed E-state index contributed by atoms with van der Waals surface area (Å²) in [5.74, 6) is 0.234. The lowest BCUT2D eigenvalue weighted by molar-refractivity contribution is -0.135. The SMILES string of the molecule is NC1CC2CCCC(C1)C2NC(=O)CN1C(=O)NC2(CCc3ccccc32)C1=O. The first-order chi connectivity index (χ1) is 14.0. The second kappa shape index (κ2) is 6.83. The van der Waals surface area contributed by atoms with Gasteiger partial charge >= 0.3 is 6.03 Å². The van der Waals surface area contributed by atoms with E-state index in [1.54, 1.807) is 0 Å². The third kappa shape index (κ3) is 2.94. The first kappa shape index (κ1) is 18.6. The van der Waals surface area contributed by atoms with Crippen molar-refractivity contribution in [3.05, 3.63) is 35.4 Å². The van der Waals surface area contributed by atoms with E-state index >= 15 is 0 Å². The zero-order valence-electron chi connectivity index (χ0n) is 16.5. The number of benzene rings is 1. The number of hydrogen-bond acceptors (Lipinski definition) is 4. The van der Waals surface area contributed by atoms with E-state index in [2.05, 4.69) is 10.6 Å². The molecule has 3 unspecified atom stereocenters. The number of nitrogens with zero attached hydrogens (tertiary/aromatic N) is 1. The summed E-state index contributed by atoms with van der Waals surface area (Å²) in [4.78, 5) is 39.7. The number of fused-ring (bicyclic) bond motifs is 4. The summed E-state index contributed by atoms with van der Waals surface area (Å²) in [6.45, 7) is -0.226. The van der Waals surface area contributed by atoms with Gasteiger partial charge in [0.05, 0.1) is 0 Å². The molecule has 7 heteroatoms. The van der Waals surface area contributed by atoms with Crippen LogP contribution in [0.2, 0.25) is 0 Å². The number of rotatable bonds is 3. The van der Waals surface area contributed by atoms with Crippen LogP contribution in [0.3, 0.4) is 0 Å². The van der Waals surface area contributed by atoms with Gasteiger partial charge < -0.3 is 16.4 Å². The van der Waals surface area contributed by atoms with Crippen molar-refractivity contribution < 1.29 is 14.4 Å². The van der Waals surface area contributed by atoms with Gasteiger partial charge in [0.1, 0.15) is 12.1 Å². The molecule has 7 nitrogen and oxygen atoms in total. The molecule has 1 aromatic rings. The van der Waals surface area contributed by atoms with Gasteiger partial charge in [-0.3, -0.25) is 14.5 Å². The lowest BCUT2D eigenvalue weighted by Crippen LogP contribution is -2.55. The lowest BCUT2D eigenvalue weighted by Gasteiger charge is -2.45. The molecule has 5 rings (SSSR count). The number of hydrogen-bond donors (Lipinski definition) is 3. The Morgan fingerprint density at radius 3 is 2.69 bits per heavy atom. The van der Waals surface area contributed by atoms with E-state index in [4.69, 9.17) is 5.73 Å². The number of nitrogens with two attached hydrogens (primary N) is 1. The molecule has 29 heavy (non-hydrogen) atoms. The van der Waals surface area contributed by atoms with Gasteiger partial charge in [-0.05, 0) is 61.5 Å². The Bertz CT molecular complexity index is 857. The highest BCUT2D eigenvalue weighted by molar-refractivity contribution is 6.09. The quantitative estimate of drug-likeness (QED) is 0.672. The van der Waals surface area contributed by atoms with Crippen molar-refractivity contribution in [2.45, 2.75) is 62.6 Å². The smallest absolute Gasteiger partial charge is 0.325 e. The second-order valence-corrected chi connectivity index (χ2v) is 9.16. The van der Waals surface area contributed by atoms with E-state index in [0.29, 0.717) is 18.3 Å². The minimum absolute atomic E-state index is 0.109. The Morgan fingerprint density at radius 1 is 1.21 bits per heavy atom. The molecule has 154 valence electrons. The van der Waals surface area contributed by atoms with Crippen molar-refractivity contribution in [3.8, 4) is 0 Å². The Balaban J connectivity index is 1.29. The largest absolute Gasteiger partial charge is 0.351 e. The molecule has 3 fully saturated rings. The van der Waals surface area contributed by atoms with Crippen molar-refractivity contribution >= 4 is 17.8 Å². The summed E-state index contributed by atoms with van der Waals surface area (Å²) in [6.07, 6.45) is 6.50. The Kier molecular flexibility index (Phi) is 4.38. The fourth-order valence-corrected chi connectivity index (χ4v) is 6.13. The third-order valence-corrected chi connectivity index (χ3v) is 7.43. The topological polar surface area (TPSA) is 105 Å². The van der Waals surface area contributed by atoms with Crippen molar-refractivity contribution in [1.29, 1.82) is 0 Å². The molecular weight excluding hydrogens is 368 g/mol. The highest BCUT2D eigenvalue weighted by Gasteiger charge is 2.55. The van der Waals surface area contributed by atoms with E-state index < -0.39 is 11.6 Å². The molecule has 3 aliphatic carbocycles. The monoisotopic (exact) mass is 396 g/mol. The molecule has 1 aromatic carbocycles. The van der Waals surface area contributed by atoms with Crippen LogP contribution in [-0.2, 0) is 21.5 Å². The van der Waals surface area contributed by atoms with Gasteiger partial charge in [0.2, 0.25) is 5.91 Å². The molecular formula is C22H28N4O3. The Hall–Kier alpha value is -2.41. The number of urea groups is 1. The van der Waals surface area contributed by atoms with Crippen molar-refractivity contribution in [1.82, 2.24) is 15.5 Å². The van der Waals surface area contributed by atoms with Gasteiger partial charge in [-0.25, -0.2) is 4.79 Å². The van der Waals surface area contributed by atoms with Crippen LogP contribution in [0.1, 0.15) is 49.7 Å². The maximum absolute atomic E-state index is 13.2. The maximum atomic E-state index is 13.2. The number of nitrogens with one attached hydrogen (secondary N) is 2. The van der Waals surface area contributed by atoms with Crippen LogP contribution in [-0.4, -0.2) is 41.4 Å². The third-order valence-electron chi connectivity index (χ3n) is 7.43. The fraction of sp³-hybridized carbons (Fsp3) is 0.591. The summed E-state index contributed by atoms with van der Waals surface area (Å²) < 4.78 is 0. The summed E-state index contributed by atoms with van der Waals surface area (Å²) in [7, 11) is 0. The van der Waals surface area contributed by atoms with E-state index in [1.807, 2.05) is 24.3 Å². The van der Waals surface area contributed by atoms with Gasteiger partial charge in [0.25, 0.3) is 5.91 Å². The van der Waals surface area contributed by atoms with E-state index in [0.717, 1.165) is 48.1 Å². The fourth-order valence-electron chi connectivity index (χ4n) is 6.13. The average Bonchev–Trinajstić information content (AvgIpc) is 3.16. The van der Waals surface area contributed by atoms with Crippen LogP contribution in [0, 0.1) is 11.8 Å². The predicted octanol–water partition coefficient (Wildman–Crippen LogP) is 1.40. The molecule has 2 saturated carbocycles. The molecule has 1 aliphatic heterocycles. The number of amides is 4. The number of aryl methyl sites for hydroxylation is 1. The standard InChI is InChI=1S/C22H28N4O3/c23-16-10-14-5-3-6-15(11-16)19(14)24-18(27)12-26-20(28)22(25-21(26)29)9-8-13-4-1-2-7-17(13)22/h1-2,4,7,14-16,19H,3,5-6,8-12,23H2,(H,24,27)(H,25,29). The minimum atomic E-state index is -1.01.